The summed E-state index contributed by atoms with van der Waals surface area (Å²) in [5, 5.41) is 5.17. The van der Waals surface area contributed by atoms with Crippen LogP contribution >= 0.6 is 23.2 Å². The quantitative estimate of drug-likeness (QED) is 0.316. The highest BCUT2D eigenvalue weighted by Crippen LogP contribution is 2.36. The van der Waals surface area contributed by atoms with E-state index in [4.69, 9.17) is 23.2 Å². The van der Waals surface area contributed by atoms with E-state index < -0.39 is 0 Å². The lowest BCUT2D eigenvalue weighted by Crippen LogP contribution is -2.25. The first kappa shape index (κ1) is 21.5. The standard InChI is InChI=1S/C26H24Cl2N2O/c1-2-18-9-6-10-20-22(16-30-26(18)20)21(19-11-12-23(27)24(28)13-19)14-25(31)29-15-17-7-4-3-5-8-17/h3-13,16,21,30H,2,14-15H2,1H3,(H,29,31)/t21-/m0/s1. The summed E-state index contributed by atoms with van der Waals surface area (Å²) in [4.78, 5) is 16.4. The number of aromatic nitrogens is 1. The highest BCUT2D eigenvalue weighted by atomic mass is 35.5. The fraction of sp³-hybridized carbons (Fsp3) is 0.192. The predicted octanol–water partition coefficient (Wildman–Crippen LogP) is 6.88. The smallest absolute Gasteiger partial charge is 0.221 e. The zero-order chi connectivity index (χ0) is 21.8. The molecule has 2 N–H and O–H groups in total. The Hall–Kier alpha value is -2.75. The number of hydrogen-bond acceptors (Lipinski definition) is 1. The van der Waals surface area contributed by atoms with E-state index in [1.165, 1.54) is 5.56 Å². The molecule has 0 spiro atoms. The van der Waals surface area contributed by atoms with Crippen molar-refractivity contribution >= 4 is 40.0 Å². The molecular weight excluding hydrogens is 427 g/mol. The first-order chi connectivity index (χ1) is 15.1. The molecule has 0 aliphatic carbocycles. The lowest BCUT2D eigenvalue weighted by Gasteiger charge is -2.18. The Morgan fingerprint density at radius 1 is 1.00 bits per heavy atom. The Morgan fingerprint density at radius 3 is 2.55 bits per heavy atom. The number of carbonyl (C=O) groups is 1. The molecule has 0 saturated heterocycles. The van der Waals surface area contributed by atoms with Gasteiger partial charge < -0.3 is 10.3 Å². The van der Waals surface area contributed by atoms with Crippen LogP contribution in [0.2, 0.25) is 10.0 Å². The monoisotopic (exact) mass is 450 g/mol. The van der Waals surface area contributed by atoms with Gasteiger partial charge in [0, 0.05) is 36.0 Å². The topological polar surface area (TPSA) is 44.9 Å². The fourth-order valence-electron chi connectivity index (χ4n) is 4.01. The van der Waals surface area contributed by atoms with Crippen LogP contribution < -0.4 is 5.32 Å². The van der Waals surface area contributed by atoms with Gasteiger partial charge in [0.1, 0.15) is 0 Å². The van der Waals surface area contributed by atoms with Gasteiger partial charge in [0.05, 0.1) is 10.0 Å². The van der Waals surface area contributed by atoms with E-state index in [1.807, 2.05) is 48.7 Å². The molecule has 0 aliphatic heterocycles. The summed E-state index contributed by atoms with van der Waals surface area (Å²) in [6, 6.07) is 21.8. The van der Waals surface area contributed by atoms with Gasteiger partial charge >= 0.3 is 0 Å². The Bertz CT molecular complexity index is 1200. The molecule has 0 saturated carbocycles. The van der Waals surface area contributed by atoms with Gasteiger partial charge in [0.2, 0.25) is 5.91 Å². The number of para-hydroxylation sites is 1. The lowest BCUT2D eigenvalue weighted by molar-refractivity contribution is -0.121. The second kappa shape index (κ2) is 9.59. The zero-order valence-corrected chi connectivity index (χ0v) is 18.8. The minimum absolute atomic E-state index is 0.0130. The molecule has 0 bridgehead atoms. The Morgan fingerprint density at radius 2 is 1.81 bits per heavy atom. The van der Waals surface area contributed by atoms with Gasteiger partial charge in [-0.1, -0.05) is 84.7 Å². The molecule has 3 aromatic carbocycles. The van der Waals surface area contributed by atoms with E-state index >= 15 is 0 Å². The molecule has 31 heavy (non-hydrogen) atoms. The number of nitrogens with one attached hydrogen (secondary N) is 2. The Kier molecular flexibility index (Phi) is 6.64. The van der Waals surface area contributed by atoms with Crippen LogP contribution in [-0.2, 0) is 17.8 Å². The number of benzene rings is 3. The molecule has 158 valence electrons. The van der Waals surface area contributed by atoms with Crippen molar-refractivity contribution in [1.29, 1.82) is 0 Å². The van der Waals surface area contributed by atoms with Crippen LogP contribution in [0.3, 0.4) is 0 Å². The van der Waals surface area contributed by atoms with E-state index in [0.717, 1.165) is 34.0 Å². The fourth-order valence-corrected chi connectivity index (χ4v) is 4.32. The molecule has 4 aromatic rings. The molecule has 0 fully saturated rings. The van der Waals surface area contributed by atoms with E-state index in [0.29, 0.717) is 23.0 Å². The number of hydrogen-bond donors (Lipinski definition) is 2. The largest absolute Gasteiger partial charge is 0.361 e. The van der Waals surface area contributed by atoms with Crippen LogP contribution in [0.25, 0.3) is 10.9 Å². The van der Waals surface area contributed by atoms with Crippen molar-refractivity contribution in [3.63, 3.8) is 0 Å². The van der Waals surface area contributed by atoms with Gasteiger partial charge in [0.25, 0.3) is 0 Å². The molecule has 0 radical (unpaired) electrons. The lowest BCUT2D eigenvalue weighted by atomic mass is 9.87. The van der Waals surface area contributed by atoms with Crippen molar-refractivity contribution < 1.29 is 4.79 Å². The zero-order valence-electron chi connectivity index (χ0n) is 17.3. The van der Waals surface area contributed by atoms with E-state index in [-0.39, 0.29) is 11.8 Å². The van der Waals surface area contributed by atoms with Crippen LogP contribution in [0.4, 0.5) is 0 Å². The summed E-state index contributed by atoms with van der Waals surface area (Å²) >= 11 is 12.5. The van der Waals surface area contributed by atoms with Crippen molar-refractivity contribution in [2.75, 3.05) is 0 Å². The Labute approximate surface area is 192 Å². The molecule has 0 aliphatic rings. The summed E-state index contributed by atoms with van der Waals surface area (Å²) in [7, 11) is 0. The van der Waals surface area contributed by atoms with Gasteiger partial charge in [0.15, 0.2) is 0 Å². The summed E-state index contributed by atoms with van der Waals surface area (Å²) in [6.07, 6.45) is 3.27. The van der Waals surface area contributed by atoms with Crippen molar-refractivity contribution in [1.82, 2.24) is 10.3 Å². The molecule has 1 aromatic heterocycles. The highest BCUT2D eigenvalue weighted by molar-refractivity contribution is 6.42. The molecule has 1 atom stereocenters. The van der Waals surface area contributed by atoms with Crippen molar-refractivity contribution in [3.05, 3.63) is 105 Å². The predicted molar refractivity (Wildman–Crippen MR) is 129 cm³/mol. The average Bonchev–Trinajstić information content (AvgIpc) is 3.23. The van der Waals surface area contributed by atoms with Crippen LogP contribution in [0.15, 0.2) is 72.9 Å². The van der Waals surface area contributed by atoms with Crippen LogP contribution in [-0.4, -0.2) is 10.9 Å². The second-order valence-electron chi connectivity index (χ2n) is 7.63. The van der Waals surface area contributed by atoms with Crippen LogP contribution in [0.1, 0.15) is 41.5 Å². The number of H-pyrrole nitrogens is 1. The third-order valence-corrected chi connectivity index (χ3v) is 6.40. The average molecular weight is 451 g/mol. The van der Waals surface area contributed by atoms with Gasteiger partial charge in [-0.15, -0.1) is 0 Å². The molecular formula is C26H24Cl2N2O. The van der Waals surface area contributed by atoms with Crippen LogP contribution in [0.5, 0.6) is 0 Å². The maximum absolute atomic E-state index is 12.9. The van der Waals surface area contributed by atoms with Crippen LogP contribution in [0, 0.1) is 0 Å². The number of aryl methyl sites for hydroxylation is 1. The highest BCUT2D eigenvalue weighted by Gasteiger charge is 2.22. The third kappa shape index (κ3) is 4.79. The van der Waals surface area contributed by atoms with Crippen molar-refractivity contribution in [2.24, 2.45) is 0 Å². The third-order valence-electron chi connectivity index (χ3n) is 5.66. The number of rotatable bonds is 7. The SMILES string of the molecule is CCc1cccc2c([C@@H](CC(=O)NCc3ccccc3)c3ccc(Cl)c(Cl)c3)c[nH]c12. The van der Waals surface area contributed by atoms with Gasteiger partial charge in [-0.25, -0.2) is 0 Å². The number of amides is 1. The Balaban J connectivity index is 1.67. The first-order valence-electron chi connectivity index (χ1n) is 10.4. The molecule has 5 heteroatoms. The first-order valence-corrected chi connectivity index (χ1v) is 11.2. The summed E-state index contributed by atoms with van der Waals surface area (Å²) in [6.45, 7) is 2.64. The molecule has 1 amide bonds. The minimum Gasteiger partial charge on any atom is -0.361 e. The van der Waals surface area contributed by atoms with Crippen molar-refractivity contribution in [2.45, 2.75) is 32.2 Å². The molecule has 4 rings (SSSR count). The minimum atomic E-state index is -0.147. The number of fused-ring (bicyclic) bond motifs is 1. The number of aromatic amines is 1. The van der Waals surface area contributed by atoms with Crippen molar-refractivity contribution in [3.8, 4) is 0 Å². The van der Waals surface area contributed by atoms with Gasteiger partial charge in [-0.2, -0.15) is 0 Å². The van der Waals surface area contributed by atoms with Gasteiger partial charge in [-0.3, -0.25) is 4.79 Å². The van der Waals surface area contributed by atoms with E-state index in [2.05, 4.69) is 35.4 Å². The molecule has 1 heterocycles. The summed E-state index contributed by atoms with van der Waals surface area (Å²) in [5.74, 6) is -0.160. The summed E-state index contributed by atoms with van der Waals surface area (Å²) in [5.41, 5.74) is 5.49. The number of halogens is 2. The molecule has 3 nitrogen and oxygen atoms in total. The maximum Gasteiger partial charge on any atom is 0.221 e. The second-order valence-corrected chi connectivity index (χ2v) is 8.44. The summed E-state index contributed by atoms with van der Waals surface area (Å²) < 4.78 is 0. The van der Waals surface area contributed by atoms with E-state index in [9.17, 15) is 4.79 Å². The van der Waals surface area contributed by atoms with E-state index in [1.54, 1.807) is 6.07 Å². The number of carbonyl (C=O) groups excluding carboxylic acids is 1. The maximum atomic E-state index is 12.9. The molecule has 0 unspecified atom stereocenters. The van der Waals surface area contributed by atoms with Gasteiger partial charge in [-0.05, 0) is 40.8 Å². The normalized spacial score (nSPS) is 12.1.